The minimum Gasteiger partial charge on any atom is -0.381 e. The summed E-state index contributed by atoms with van der Waals surface area (Å²) in [5, 5.41) is 4.13. The molecule has 0 saturated carbocycles. The predicted molar refractivity (Wildman–Crippen MR) is 79.1 cm³/mol. The third kappa shape index (κ3) is 2.99. The molecule has 2 N–H and O–H groups in total. The molecule has 1 aliphatic rings. The van der Waals surface area contributed by atoms with E-state index in [2.05, 4.69) is 35.3 Å². The van der Waals surface area contributed by atoms with Gasteiger partial charge < -0.3 is 15.0 Å². The highest BCUT2D eigenvalue weighted by Gasteiger charge is 2.38. The molecule has 0 bridgehead atoms. The van der Waals surface area contributed by atoms with Crippen LogP contribution >= 0.6 is 0 Å². The van der Waals surface area contributed by atoms with Gasteiger partial charge in [-0.2, -0.15) is 4.98 Å². The van der Waals surface area contributed by atoms with Crippen molar-refractivity contribution in [2.24, 2.45) is 5.73 Å². The van der Waals surface area contributed by atoms with Crippen molar-refractivity contribution in [2.75, 3.05) is 19.8 Å². The Bertz CT molecular complexity index is 603. The van der Waals surface area contributed by atoms with E-state index in [4.69, 9.17) is 15.0 Å². The molecule has 1 aliphatic heterocycles. The van der Waals surface area contributed by atoms with Gasteiger partial charge in [-0.3, -0.25) is 0 Å². The van der Waals surface area contributed by atoms with Crippen molar-refractivity contribution >= 4 is 0 Å². The molecular formula is C16H21N3O2. The first-order valence-electron chi connectivity index (χ1n) is 7.38. The van der Waals surface area contributed by atoms with E-state index >= 15 is 0 Å². The lowest BCUT2D eigenvalue weighted by Crippen LogP contribution is -2.40. The van der Waals surface area contributed by atoms with Crippen molar-refractivity contribution in [3.8, 4) is 0 Å². The van der Waals surface area contributed by atoms with Crippen molar-refractivity contribution in [3.05, 3.63) is 47.1 Å². The van der Waals surface area contributed by atoms with Crippen LogP contribution in [0.2, 0.25) is 0 Å². The molecule has 0 atom stereocenters. The van der Waals surface area contributed by atoms with Gasteiger partial charge in [-0.25, -0.2) is 0 Å². The molecule has 1 saturated heterocycles. The Kier molecular flexibility index (Phi) is 4.03. The van der Waals surface area contributed by atoms with E-state index in [0.717, 1.165) is 18.7 Å². The highest BCUT2D eigenvalue weighted by atomic mass is 16.5. The van der Waals surface area contributed by atoms with Gasteiger partial charge in [0.1, 0.15) is 0 Å². The second-order valence-corrected chi connectivity index (χ2v) is 5.78. The molecule has 0 unspecified atom stereocenters. The Hall–Kier alpha value is -1.72. The molecule has 5 nitrogen and oxygen atoms in total. The molecule has 3 rings (SSSR count). The second-order valence-electron chi connectivity index (χ2n) is 5.78. The van der Waals surface area contributed by atoms with Crippen LogP contribution in [0, 0.1) is 6.92 Å². The van der Waals surface area contributed by atoms with E-state index in [0.29, 0.717) is 32.1 Å². The second kappa shape index (κ2) is 5.95. The number of rotatable bonds is 4. The summed E-state index contributed by atoms with van der Waals surface area (Å²) in [6, 6.07) is 8.35. The van der Waals surface area contributed by atoms with Gasteiger partial charge in [0.2, 0.25) is 5.89 Å². The standard InChI is InChI=1S/C16H21N3O2/c1-12-3-2-4-13(9-12)10-14-18-15(21-19-14)16(11-17)5-7-20-8-6-16/h2-4,9H,5-8,10-11,17H2,1H3. The lowest BCUT2D eigenvalue weighted by atomic mass is 9.80. The summed E-state index contributed by atoms with van der Waals surface area (Å²) in [7, 11) is 0. The average molecular weight is 287 g/mol. The lowest BCUT2D eigenvalue weighted by molar-refractivity contribution is 0.0409. The smallest absolute Gasteiger partial charge is 0.234 e. The van der Waals surface area contributed by atoms with E-state index in [1.54, 1.807) is 0 Å². The fourth-order valence-corrected chi connectivity index (χ4v) is 2.81. The van der Waals surface area contributed by atoms with E-state index < -0.39 is 0 Å². The molecular weight excluding hydrogens is 266 g/mol. The van der Waals surface area contributed by atoms with Crippen LogP contribution in [0.15, 0.2) is 28.8 Å². The Labute approximate surface area is 124 Å². The minimum absolute atomic E-state index is 0.212. The van der Waals surface area contributed by atoms with Crippen LogP contribution in [0.4, 0.5) is 0 Å². The third-order valence-corrected chi connectivity index (χ3v) is 4.21. The van der Waals surface area contributed by atoms with Crippen molar-refractivity contribution in [1.82, 2.24) is 10.1 Å². The molecule has 0 aliphatic carbocycles. The molecule has 112 valence electrons. The lowest BCUT2D eigenvalue weighted by Gasteiger charge is -2.32. The van der Waals surface area contributed by atoms with Gasteiger partial charge in [-0.1, -0.05) is 35.0 Å². The maximum atomic E-state index is 5.97. The van der Waals surface area contributed by atoms with E-state index in [9.17, 15) is 0 Å². The zero-order chi connectivity index (χ0) is 14.7. The average Bonchev–Trinajstić information content (AvgIpc) is 2.97. The number of aromatic nitrogens is 2. The Morgan fingerprint density at radius 3 is 2.81 bits per heavy atom. The number of aryl methyl sites for hydroxylation is 1. The zero-order valence-corrected chi connectivity index (χ0v) is 12.3. The van der Waals surface area contributed by atoms with Crippen LogP contribution in [-0.2, 0) is 16.6 Å². The zero-order valence-electron chi connectivity index (χ0n) is 12.3. The predicted octanol–water partition coefficient (Wildman–Crippen LogP) is 1.98. The third-order valence-electron chi connectivity index (χ3n) is 4.21. The summed E-state index contributed by atoms with van der Waals surface area (Å²) >= 11 is 0. The first-order valence-corrected chi connectivity index (χ1v) is 7.38. The van der Waals surface area contributed by atoms with Crippen LogP contribution in [-0.4, -0.2) is 29.9 Å². The summed E-state index contributed by atoms with van der Waals surface area (Å²) in [6.45, 7) is 4.00. The summed E-state index contributed by atoms with van der Waals surface area (Å²) in [4.78, 5) is 4.59. The molecule has 0 spiro atoms. The van der Waals surface area contributed by atoms with Gasteiger partial charge >= 0.3 is 0 Å². The fraction of sp³-hybridized carbons (Fsp3) is 0.500. The van der Waals surface area contributed by atoms with Gasteiger partial charge in [-0.05, 0) is 25.3 Å². The molecule has 5 heteroatoms. The van der Waals surface area contributed by atoms with Crippen LogP contribution in [0.5, 0.6) is 0 Å². The number of hydrogen-bond donors (Lipinski definition) is 1. The summed E-state index contributed by atoms with van der Waals surface area (Å²) in [5.41, 5.74) is 8.18. The minimum atomic E-state index is -0.212. The number of ether oxygens (including phenoxy) is 1. The first kappa shape index (κ1) is 14.2. The fourth-order valence-electron chi connectivity index (χ4n) is 2.81. The SMILES string of the molecule is Cc1cccc(Cc2noc(C3(CN)CCOCC3)n2)c1. The van der Waals surface area contributed by atoms with E-state index in [-0.39, 0.29) is 5.41 Å². The number of nitrogens with zero attached hydrogens (tertiary/aromatic N) is 2. The number of hydrogen-bond acceptors (Lipinski definition) is 5. The summed E-state index contributed by atoms with van der Waals surface area (Å²) in [6.07, 6.45) is 2.37. The quantitative estimate of drug-likeness (QED) is 0.930. The molecule has 2 aromatic rings. The normalized spacial score (nSPS) is 17.8. The molecule has 1 aromatic carbocycles. The number of benzene rings is 1. The maximum Gasteiger partial charge on any atom is 0.234 e. The van der Waals surface area contributed by atoms with Crippen molar-refractivity contribution in [2.45, 2.75) is 31.6 Å². The maximum absolute atomic E-state index is 5.97. The molecule has 2 heterocycles. The molecule has 0 amide bonds. The van der Waals surface area contributed by atoms with Gasteiger partial charge in [0.05, 0.1) is 5.41 Å². The topological polar surface area (TPSA) is 74.2 Å². The van der Waals surface area contributed by atoms with Crippen LogP contribution < -0.4 is 5.73 Å². The van der Waals surface area contributed by atoms with Crippen molar-refractivity contribution in [3.63, 3.8) is 0 Å². The van der Waals surface area contributed by atoms with Crippen molar-refractivity contribution in [1.29, 1.82) is 0 Å². The highest BCUT2D eigenvalue weighted by molar-refractivity contribution is 5.24. The highest BCUT2D eigenvalue weighted by Crippen LogP contribution is 2.32. The van der Waals surface area contributed by atoms with E-state index in [1.165, 1.54) is 11.1 Å². The van der Waals surface area contributed by atoms with Gasteiger partial charge in [0, 0.05) is 26.2 Å². The molecule has 1 fully saturated rings. The largest absolute Gasteiger partial charge is 0.381 e. The van der Waals surface area contributed by atoms with Gasteiger partial charge in [-0.15, -0.1) is 0 Å². The van der Waals surface area contributed by atoms with Gasteiger partial charge in [0.25, 0.3) is 0 Å². The Morgan fingerprint density at radius 2 is 2.10 bits per heavy atom. The molecule has 21 heavy (non-hydrogen) atoms. The van der Waals surface area contributed by atoms with E-state index in [1.807, 2.05) is 6.07 Å². The monoisotopic (exact) mass is 287 g/mol. The summed E-state index contributed by atoms with van der Waals surface area (Å²) in [5.74, 6) is 1.38. The first-order chi connectivity index (χ1) is 10.2. The Balaban J connectivity index is 1.79. The molecule has 0 radical (unpaired) electrons. The van der Waals surface area contributed by atoms with Crippen LogP contribution in [0.25, 0.3) is 0 Å². The molecule has 1 aromatic heterocycles. The van der Waals surface area contributed by atoms with Crippen LogP contribution in [0.1, 0.15) is 35.7 Å². The van der Waals surface area contributed by atoms with Crippen LogP contribution in [0.3, 0.4) is 0 Å². The number of nitrogens with two attached hydrogens (primary N) is 1. The summed E-state index contributed by atoms with van der Waals surface area (Å²) < 4.78 is 10.9. The Morgan fingerprint density at radius 1 is 1.29 bits per heavy atom. The van der Waals surface area contributed by atoms with Gasteiger partial charge in [0.15, 0.2) is 5.82 Å². The van der Waals surface area contributed by atoms with Crippen molar-refractivity contribution < 1.29 is 9.26 Å².